The van der Waals surface area contributed by atoms with Crippen LogP contribution in [0.25, 0.3) is 0 Å². The van der Waals surface area contributed by atoms with E-state index in [0.29, 0.717) is 18.0 Å². The monoisotopic (exact) mass is 342 g/mol. The van der Waals surface area contributed by atoms with Gasteiger partial charge in [-0.2, -0.15) is 0 Å². The number of carbonyl (C=O) groups is 1. The molecule has 0 saturated heterocycles. The van der Waals surface area contributed by atoms with E-state index in [1.165, 1.54) is 0 Å². The van der Waals surface area contributed by atoms with Gasteiger partial charge in [0.05, 0.1) is 19.9 Å². The van der Waals surface area contributed by atoms with Crippen molar-refractivity contribution in [2.75, 3.05) is 26.1 Å². The van der Waals surface area contributed by atoms with Crippen LogP contribution in [-0.2, 0) is 5.41 Å². The van der Waals surface area contributed by atoms with Crippen LogP contribution in [0.2, 0.25) is 0 Å². The van der Waals surface area contributed by atoms with Crippen molar-refractivity contribution in [2.45, 2.75) is 26.2 Å². The molecule has 5 heteroatoms. The molecule has 0 fully saturated rings. The topological polar surface area (TPSA) is 59.6 Å². The van der Waals surface area contributed by atoms with Crippen LogP contribution in [0, 0.1) is 6.92 Å². The first-order valence-corrected chi connectivity index (χ1v) is 8.20. The van der Waals surface area contributed by atoms with Crippen LogP contribution in [0.1, 0.15) is 25.0 Å². The molecule has 2 aromatic rings. The molecule has 25 heavy (non-hydrogen) atoms. The summed E-state index contributed by atoms with van der Waals surface area (Å²) >= 11 is 0. The molecule has 0 aliphatic rings. The third kappa shape index (κ3) is 4.89. The molecule has 5 nitrogen and oxygen atoms in total. The number of hydrogen-bond acceptors (Lipinski definition) is 3. The number of carbonyl (C=O) groups excluding carboxylic acids is 1. The van der Waals surface area contributed by atoms with E-state index in [1.54, 1.807) is 14.2 Å². The lowest BCUT2D eigenvalue weighted by Gasteiger charge is -2.26. The van der Waals surface area contributed by atoms with Crippen molar-refractivity contribution in [1.82, 2.24) is 5.32 Å². The third-order valence-electron chi connectivity index (χ3n) is 4.17. The summed E-state index contributed by atoms with van der Waals surface area (Å²) in [6, 6.07) is 13.3. The fraction of sp³-hybridized carbons (Fsp3) is 0.350. The SMILES string of the molecule is COc1ccc(C(C)(C)CNC(=O)Nc2cc(C)ccc2OC)cc1. The molecular weight excluding hydrogens is 316 g/mol. The van der Waals surface area contributed by atoms with Gasteiger partial charge in [0, 0.05) is 12.0 Å². The minimum Gasteiger partial charge on any atom is -0.497 e. The van der Waals surface area contributed by atoms with Gasteiger partial charge < -0.3 is 20.1 Å². The van der Waals surface area contributed by atoms with Crippen LogP contribution in [0.3, 0.4) is 0 Å². The van der Waals surface area contributed by atoms with Crippen LogP contribution in [0.5, 0.6) is 11.5 Å². The average molecular weight is 342 g/mol. The van der Waals surface area contributed by atoms with E-state index < -0.39 is 0 Å². The highest BCUT2D eigenvalue weighted by Crippen LogP contribution is 2.26. The maximum absolute atomic E-state index is 12.3. The number of rotatable bonds is 6. The summed E-state index contributed by atoms with van der Waals surface area (Å²) in [6.07, 6.45) is 0. The lowest BCUT2D eigenvalue weighted by molar-refractivity contribution is 0.249. The predicted molar refractivity (Wildman–Crippen MR) is 101 cm³/mol. The Hall–Kier alpha value is -2.69. The summed E-state index contributed by atoms with van der Waals surface area (Å²) in [7, 11) is 3.23. The molecule has 2 amide bonds. The average Bonchev–Trinajstić information content (AvgIpc) is 2.60. The summed E-state index contributed by atoms with van der Waals surface area (Å²) in [4.78, 5) is 12.3. The molecule has 0 saturated carbocycles. The Bertz CT molecular complexity index is 724. The molecule has 134 valence electrons. The van der Waals surface area contributed by atoms with Gasteiger partial charge in [-0.05, 0) is 42.3 Å². The standard InChI is InChI=1S/C20H26N2O3/c1-14-6-11-18(25-5)17(12-14)22-19(23)21-13-20(2,3)15-7-9-16(24-4)10-8-15/h6-12H,13H2,1-5H3,(H2,21,22,23). The summed E-state index contributed by atoms with van der Waals surface area (Å²) in [5.74, 6) is 1.45. The first-order chi connectivity index (χ1) is 11.9. The molecule has 0 spiro atoms. The van der Waals surface area contributed by atoms with E-state index in [4.69, 9.17) is 9.47 Å². The maximum atomic E-state index is 12.3. The molecule has 2 aromatic carbocycles. The van der Waals surface area contributed by atoms with Crippen molar-refractivity contribution in [3.63, 3.8) is 0 Å². The quantitative estimate of drug-likeness (QED) is 0.830. The molecule has 0 atom stereocenters. The van der Waals surface area contributed by atoms with E-state index in [9.17, 15) is 4.79 Å². The first kappa shape index (κ1) is 18.6. The van der Waals surface area contributed by atoms with Crippen molar-refractivity contribution in [2.24, 2.45) is 0 Å². The summed E-state index contributed by atoms with van der Waals surface area (Å²) in [6.45, 7) is 6.64. The summed E-state index contributed by atoms with van der Waals surface area (Å²) in [5.41, 5.74) is 2.62. The van der Waals surface area contributed by atoms with E-state index in [2.05, 4.69) is 24.5 Å². The number of urea groups is 1. The van der Waals surface area contributed by atoms with Crippen molar-refractivity contribution >= 4 is 11.7 Å². The molecule has 0 radical (unpaired) electrons. The number of nitrogens with one attached hydrogen (secondary N) is 2. The normalized spacial score (nSPS) is 10.9. The van der Waals surface area contributed by atoms with Gasteiger partial charge in [-0.3, -0.25) is 0 Å². The van der Waals surface area contributed by atoms with E-state index >= 15 is 0 Å². The lowest BCUT2D eigenvalue weighted by Crippen LogP contribution is -2.39. The molecule has 0 heterocycles. The largest absolute Gasteiger partial charge is 0.497 e. The van der Waals surface area contributed by atoms with Gasteiger partial charge in [0.25, 0.3) is 0 Å². The summed E-state index contributed by atoms with van der Waals surface area (Å²) < 4.78 is 10.5. The Morgan fingerprint density at radius 1 is 1.04 bits per heavy atom. The molecule has 2 rings (SSSR count). The van der Waals surface area contributed by atoms with Gasteiger partial charge in [-0.15, -0.1) is 0 Å². The van der Waals surface area contributed by atoms with Crippen LogP contribution >= 0.6 is 0 Å². The fourth-order valence-corrected chi connectivity index (χ4v) is 2.53. The highest BCUT2D eigenvalue weighted by molar-refractivity contribution is 5.91. The first-order valence-electron chi connectivity index (χ1n) is 8.20. The van der Waals surface area contributed by atoms with Crippen molar-refractivity contribution in [3.05, 3.63) is 53.6 Å². The van der Waals surface area contributed by atoms with E-state index in [0.717, 1.165) is 16.9 Å². The second kappa shape index (κ2) is 7.92. The second-order valence-electron chi connectivity index (χ2n) is 6.62. The molecular formula is C20H26N2O3. The van der Waals surface area contributed by atoms with Gasteiger partial charge in [-0.1, -0.05) is 32.0 Å². The minimum absolute atomic E-state index is 0.208. The van der Waals surface area contributed by atoms with Crippen molar-refractivity contribution in [1.29, 1.82) is 0 Å². The van der Waals surface area contributed by atoms with Gasteiger partial charge in [0.1, 0.15) is 11.5 Å². The number of aryl methyl sites for hydroxylation is 1. The van der Waals surface area contributed by atoms with Gasteiger partial charge in [0.2, 0.25) is 0 Å². The Morgan fingerprint density at radius 3 is 2.32 bits per heavy atom. The maximum Gasteiger partial charge on any atom is 0.319 e. The van der Waals surface area contributed by atoms with E-state index in [1.807, 2.05) is 49.4 Å². The number of hydrogen-bond donors (Lipinski definition) is 2. The Labute approximate surface area is 149 Å². The van der Waals surface area contributed by atoms with E-state index in [-0.39, 0.29) is 11.4 Å². The van der Waals surface area contributed by atoms with Crippen molar-refractivity contribution < 1.29 is 14.3 Å². The number of amides is 2. The molecule has 0 bridgehead atoms. The van der Waals surface area contributed by atoms with Crippen LogP contribution in [0.15, 0.2) is 42.5 Å². The molecule has 0 aliphatic carbocycles. The third-order valence-corrected chi connectivity index (χ3v) is 4.17. The highest BCUT2D eigenvalue weighted by atomic mass is 16.5. The number of methoxy groups -OCH3 is 2. The van der Waals surface area contributed by atoms with Gasteiger partial charge >= 0.3 is 6.03 Å². The molecule has 0 unspecified atom stereocenters. The van der Waals surface area contributed by atoms with Crippen LogP contribution < -0.4 is 20.1 Å². The van der Waals surface area contributed by atoms with Gasteiger partial charge in [-0.25, -0.2) is 4.79 Å². The lowest BCUT2D eigenvalue weighted by atomic mass is 9.84. The zero-order valence-electron chi connectivity index (χ0n) is 15.5. The highest BCUT2D eigenvalue weighted by Gasteiger charge is 2.21. The van der Waals surface area contributed by atoms with Crippen LogP contribution in [0.4, 0.5) is 10.5 Å². The Balaban J connectivity index is 1.99. The molecule has 2 N–H and O–H groups in total. The minimum atomic E-state index is -0.259. The number of benzene rings is 2. The Kier molecular flexibility index (Phi) is 5.91. The van der Waals surface area contributed by atoms with Crippen LogP contribution in [-0.4, -0.2) is 26.8 Å². The fourth-order valence-electron chi connectivity index (χ4n) is 2.53. The van der Waals surface area contributed by atoms with Crippen molar-refractivity contribution in [3.8, 4) is 11.5 Å². The summed E-state index contributed by atoms with van der Waals surface area (Å²) in [5, 5.41) is 5.78. The predicted octanol–water partition coefficient (Wildman–Crippen LogP) is 4.11. The zero-order valence-corrected chi connectivity index (χ0v) is 15.5. The van der Waals surface area contributed by atoms with Gasteiger partial charge in [0.15, 0.2) is 0 Å². The Morgan fingerprint density at radius 2 is 1.72 bits per heavy atom. The second-order valence-corrected chi connectivity index (χ2v) is 6.62. The molecule has 0 aliphatic heterocycles. The smallest absolute Gasteiger partial charge is 0.319 e. The number of ether oxygens (including phenoxy) is 2. The number of anilines is 1. The zero-order chi connectivity index (χ0) is 18.4. The molecule has 0 aromatic heterocycles.